The first-order valence-corrected chi connectivity index (χ1v) is 11.6. The summed E-state index contributed by atoms with van der Waals surface area (Å²) in [6.07, 6.45) is 2.37. The highest BCUT2D eigenvalue weighted by molar-refractivity contribution is 7.86. The second kappa shape index (κ2) is 9.92. The van der Waals surface area contributed by atoms with Gasteiger partial charge < -0.3 is 18.2 Å². The predicted octanol–water partition coefficient (Wildman–Crippen LogP) is 4.03. The van der Waals surface area contributed by atoms with Crippen molar-refractivity contribution >= 4 is 33.3 Å². The Balaban J connectivity index is 1.96. The van der Waals surface area contributed by atoms with Gasteiger partial charge in [0, 0.05) is 18.7 Å². The first-order valence-electron chi connectivity index (χ1n) is 9.39. The van der Waals surface area contributed by atoms with E-state index in [9.17, 15) is 23.3 Å². The molecule has 2 aromatic carbocycles. The number of nitrogens with zero attached hydrogens (tertiary/aromatic N) is 2. The molecule has 1 amide bonds. The number of furan rings is 1. The largest absolute Gasteiger partial charge is 0.493 e. The number of nitro benzene ring substituents is 1. The highest BCUT2D eigenvalue weighted by atomic mass is 35.5. The molecule has 0 aliphatic rings. The number of amides is 1. The maximum absolute atomic E-state index is 13.3. The van der Waals surface area contributed by atoms with Crippen molar-refractivity contribution in [1.29, 1.82) is 0 Å². The number of non-ortho nitro benzene ring substituents is 1. The van der Waals surface area contributed by atoms with Crippen LogP contribution in [0.4, 0.5) is 5.69 Å². The fourth-order valence-electron chi connectivity index (χ4n) is 3.02. The molecule has 174 valence electrons. The second-order valence-electron chi connectivity index (χ2n) is 6.93. The van der Waals surface area contributed by atoms with Crippen molar-refractivity contribution in [3.05, 3.63) is 86.8 Å². The fraction of sp³-hybridized carbons (Fsp3) is 0.190. The molecule has 12 heteroatoms. The first-order chi connectivity index (χ1) is 15.6. The van der Waals surface area contributed by atoms with E-state index in [4.69, 9.17) is 24.9 Å². The summed E-state index contributed by atoms with van der Waals surface area (Å²) in [5.74, 6) is 0.151. The van der Waals surface area contributed by atoms with Gasteiger partial charge in [-0.05, 0) is 35.9 Å². The van der Waals surface area contributed by atoms with Gasteiger partial charge in [0.1, 0.15) is 5.76 Å². The Morgan fingerprint density at radius 1 is 1.15 bits per heavy atom. The maximum atomic E-state index is 13.3. The summed E-state index contributed by atoms with van der Waals surface area (Å²) in [6, 6.07) is 11.5. The molecule has 0 radical (unpaired) electrons. The van der Waals surface area contributed by atoms with E-state index in [2.05, 4.69) is 0 Å². The number of hydrogen-bond acceptors (Lipinski definition) is 8. The van der Waals surface area contributed by atoms with Crippen LogP contribution in [0, 0.1) is 10.1 Å². The van der Waals surface area contributed by atoms with E-state index in [0.29, 0.717) is 11.3 Å². The zero-order valence-electron chi connectivity index (χ0n) is 17.6. The molecule has 1 heterocycles. The number of rotatable bonds is 9. The number of methoxy groups -OCH3 is 1. The van der Waals surface area contributed by atoms with Gasteiger partial charge in [0.05, 0.1) is 41.7 Å². The lowest BCUT2D eigenvalue weighted by Gasteiger charge is -2.23. The molecule has 0 N–H and O–H groups in total. The molecule has 0 aliphatic heterocycles. The fourth-order valence-corrected chi connectivity index (χ4v) is 3.73. The number of hydrogen-bond donors (Lipinski definition) is 0. The smallest absolute Gasteiger partial charge is 0.306 e. The lowest BCUT2D eigenvalue weighted by Crippen LogP contribution is -2.30. The summed E-state index contributed by atoms with van der Waals surface area (Å²) in [5.41, 5.74) is 0.356. The summed E-state index contributed by atoms with van der Waals surface area (Å²) in [7, 11) is -2.45. The molecule has 0 aliphatic carbocycles. The zero-order valence-corrected chi connectivity index (χ0v) is 19.1. The van der Waals surface area contributed by atoms with Crippen molar-refractivity contribution < 1.29 is 31.5 Å². The topological polar surface area (TPSA) is 129 Å². The summed E-state index contributed by atoms with van der Waals surface area (Å²) < 4.78 is 38.7. The van der Waals surface area contributed by atoms with Crippen LogP contribution < -0.4 is 8.92 Å². The van der Waals surface area contributed by atoms with Crippen LogP contribution in [0.3, 0.4) is 0 Å². The van der Waals surface area contributed by atoms with Crippen molar-refractivity contribution in [2.45, 2.75) is 13.1 Å². The average Bonchev–Trinajstić information content (AvgIpc) is 3.25. The molecule has 0 saturated heterocycles. The van der Waals surface area contributed by atoms with E-state index in [1.165, 1.54) is 42.5 Å². The van der Waals surface area contributed by atoms with Crippen LogP contribution in [0.2, 0.25) is 5.02 Å². The lowest BCUT2D eigenvalue weighted by atomic mass is 10.1. The van der Waals surface area contributed by atoms with Gasteiger partial charge >= 0.3 is 10.1 Å². The number of carbonyl (C=O) groups is 1. The third kappa shape index (κ3) is 6.24. The van der Waals surface area contributed by atoms with E-state index < -0.39 is 20.9 Å². The van der Waals surface area contributed by atoms with Gasteiger partial charge in [-0.15, -0.1) is 0 Å². The monoisotopic (exact) mass is 494 g/mol. The van der Waals surface area contributed by atoms with Crippen molar-refractivity contribution in [2.24, 2.45) is 0 Å². The van der Waals surface area contributed by atoms with E-state index in [-0.39, 0.29) is 40.9 Å². The first kappa shape index (κ1) is 24.1. The minimum absolute atomic E-state index is 0.0248. The normalized spacial score (nSPS) is 11.1. The molecular formula is C21H19ClN2O8S. The Kier molecular flexibility index (Phi) is 7.24. The Labute approximate surface area is 194 Å². The van der Waals surface area contributed by atoms with Crippen molar-refractivity contribution in [3.8, 4) is 11.5 Å². The number of nitro groups is 1. The van der Waals surface area contributed by atoms with Crippen LogP contribution in [0.5, 0.6) is 11.5 Å². The average molecular weight is 495 g/mol. The van der Waals surface area contributed by atoms with Gasteiger partial charge in [0.15, 0.2) is 11.5 Å². The summed E-state index contributed by atoms with van der Waals surface area (Å²) in [5, 5.41) is 10.9. The molecule has 0 unspecified atom stereocenters. The van der Waals surface area contributed by atoms with E-state index in [1.54, 1.807) is 18.2 Å². The molecule has 10 nitrogen and oxygen atoms in total. The number of benzene rings is 2. The Morgan fingerprint density at radius 3 is 2.48 bits per heavy atom. The van der Waals surface area contributed by atoms with Crippen LogP contribution in [-0.4, -0.2) is 37.5 Å². The minimum atomic E-state index is -3.82. The quantitative estimate of drug-likeness (QED) is 0.247. The third-order valence-corrected chi connectivity index (χ3v) is 5.25. The second-order valence-corrected chi connectivity index (χ2v) is 8.92. The van der Waals surface area contributed by atoms with E-state index in [1.807, 2.05) is 0 Å². The molecule has 0 fully saturated rings. The Bertz CT molecular complexity index is 1280. The van der Waals surface area contributed by atoms with Gasteiger partial charge in [-0.2, -0.15) is 8.42 Å². The van der Waals surface area contributed by atoms with Gasteiger partial charge in [-0.25, -0.2) is 0 Å². The number of ether oxygens (including phenoxy) is 1. The van der Waals surface area contributed by atoms with Crippen molar-refractivity contribution in [2.75, 3.05) is 13.4 Å². The molecule has 3 rings (SSSR count). The van der Waals surface area contributed by atoms with Crippen LogP contribution in [0.15, 0.2) is 59.2 Å². The molecule has 0 spiro atoms. The molecular weight excluding hydrogens is 476 g/mol. The van der Waals surface area contributed by atoms with Crippen LogP contribution in [0.25, 0.3) is 0 Å². The molecule has 0 saturated carbocycles. The maximum Gasteiger partial charge on any atom is 0.306 e. The van der Waals surface area contributed by atoms with Crippen molar-refractivity contribution in [3.63, 3.8) is 0 Å². The standard InChI is InChI=1S/C21H19ClN2O8S/c1-30-19-8-5-14(10-20(19)32-33(2,28)29)12-23(13-16-4-3-9-31-16)21(25)17-7-6-15(24(26)27)11-18(17)22/h3-11H,12-13H2,1-2H3. The molecule has 0 bridgehead atoms. The summed E-state index contributed by atoms with van der Waals surface area (Å²) >= 11 is 6.16. The van der Waals surface area contributed by atoms with Crippen LogP contribution >= 0.6 is 11.6 Å². The zero-order chi connectivity index (χ0) is 24.2. The SMILES string of the molecule is COc1ccc(CN(Cc2ccco2)C(=O)c2ccc([N+](=O)[O-])cc2Cl)cc1OS(C)(=O)=O. The lowest BCUT2D eigenvalue weighted by molar-refractivity contribution is -0.384. The minimum Gasteiger partial charge on any atom is -0.493 e. The van der Waals surface area contributed by atoms with Crippen molar-refractivity contribution in [1.82, 2.24) is 4.90 Å². The highest BCUT2D eigenvalue weighted by Crippen LogP contribution is 2.31. The van der Waals surface area contributed by atoms with E-state index in [0.717, 1.165) is 12.3 Å². The molecule has 0 atom stereocenters. The highest BCUT2D eigenvalue weighted by Gasteiger charge is 2.23. The Hall–Kier alpha value is -3.57. The van der Waals surface area contributed by atoms with Gasteiger partial charge in [-0.3, -0.25) is 14.9 Å². The molecule has 3 aromatic rings. The van der Waals surface area contributed by atoms with E-state index >= 15 is 0 Å². The van der Waals surface area contributed by atoms with Gasteiger partial charge in [0.25, 0.3) is 11.6 Å². The summed E-state index contributed by atoms with van der Waals surface area (Å²) in [4.78, 5) is 25.1. The van der Waals surface area contributed by atoms with Crippen LogP contribution in [-0.2, 0) is 23.2 Å². The molecule has 1 aromatic heterocycles. The van der Waals surface area contributed by atoms with Gasteiger partial charge in [-0.1, -0.05) is 17.7 Å². The number of halogens is 1. The number of carbonyl (C=O) groups excluding carboxylic acids is 1. The Morgan fingerprint density at radius 2 is 1.91 bits per heavy atom. The van der Waals surface area contributed by atoms with Gasteiger partial charge in [0.2, 0.25) is 0 Å². The summed E-state index contributed by atoms with van der Waals surface area (Å²) in [6.45, 7) is 0.0877. The predicted molar refractivity (Wildman–Crippen MR) is 119 cm³/mol. The van der Waals surface area contributed by atoms with Crippen LogP contribution in [0.1, 0.15) is 21.7 Å². The third-order valence-electron chi connectivity index (χ3n) is 4.45. The molecule has 33 heavy (non-hydrogen) atoms.